The standard InChI is InChI=1S/C14H27N3O2/c1-10(2)4-5-13(18)16-9-14(19)17-12-8-15-7-6-11(12)3/h10-12,15H,4-9H2,1-3H3,(H,16,18)(H,17,19). The molecule has 2 amide bonds. The van der Waals surface area contributed by atoms with Crippen LogP contribution in [0.2, 0.25) is 0 Å². The molecule has 0 saturated carbocycles. The number of rotatable bonds is 6. The van der Waals surface area contributed by atoms with Crippen molar-refractivity contribution in [2.45, 2.75) is 46.1 Å². The third-order valence-electron chi connectivity index (χ3n) is 3.57. The highest BCUT2D eigenvalue weighted by molar-refractivity contribution is 5.84. The molecular formula is C14H27N3O2. The molecular weight excluding hydrogens is 242 g/mol. The van der Waals surface area contributed by atoms with Crippen molar-refractivity contribution in [2.75, 3.05) is 19.6 Å². The Morgan fingerprint density at radius 1 is 1.32 bits per heavy atom. The quantitative estimate of drug-likeness (QED) is 0.663. The molecule has 1 aliphatic rings. The van der Waals surface area contributed by atoms with Crippen LogP contribution in [-0.2, 0) is 9.59 Å². The van der Waals surface area contributed by atoms with E-state index in [4.69, 9.17) is 0 Å². The van der Waals surface area contributed by atoms with Gasteiger partial charge in [-0.1, -0.05) is 20.8 Å². The minimum absolute atomic E-state index is 0.0429. The van der Waals surface area contributed by atoms with Crippen molar-refractivity contribution in [2.24, 2.45) is 11.8 Å². The van der Waals surface area contributed by atoms with Crippen LogP contribution in [0.15, 0.2) is 0 Å². The number of hydrogen-bond acceptors (Lipinski definition) is 3. The molecule has 0 aromatic heterocycles. The molecule has 0 bridgehead atoms. The maximum absolute atomic E-state index is 11.7. The van der Waals surface area contributed by atoms with Gasteiger partial charge in [-0.15, -0.1) is 0 Å². The van der Waals surface area contributed by atoms with E-state index in [1.54, 1.807) is 0 Å². The highest BCUT2D eigenvalue weighted by Gasteiger charge is 2.22. The van der Waals surface area contributed by atoms with E-state index in [1.165, 1.54) is 0 Å². The van der Waals surface area contributed by atoms with E-state index in [9.17, 15) is 9.59 Å². The van der Waals surface area contributed by atoms with Gasteiger partial charge in [0.25, 0.3) is 0 Å². The minimum Gasteiger partial charge on any atom is -0.350 e. The van der Waals surface area contributed by atoms with E-state index in [2.05, 4.69) is 36.7 Å². The van der Waals surface area contributed by atoms with Gasteiger partial charge in [-0.05, 0) is 31.2 Å². The summed E-state index contributed by atoms with van der Waals surface area (Å²) in [7, 11) is 0. The fraction of sp³-hybridized carbons (Fsp3) is 0.857. The lowest BCUT2D eigenvalue weighted by Crippen LogP contribution is -2.52. The third-order valence-corrected chi connectivity index (χ3v) is 3.57. The van der Waals surface area contributed by atoms with Gasteiger partial charge >= 0.3 is 0 Å². The first-order valence-electron chi connectivity index (χ1n) is 7.25. The van der Waals surface area contributed by atoms with E-state index in [1.807, 2.05) is 0 Å². The smallest absolute Gasteiger partial charge is 0.239 e. The lowest BCUT2D eigenvalue weighted by Gasteiger charge is -2.30. The van der Waals surface area contributed by atoms with Crippen LogP contribution < -0.4 is 16.0 Å². The van der Waals surface area contributed by atoms with Crippen LogP contribution in [0, 0.1) is 11.8 Å². The molecule has 1 saturated heterocycles. The predicted molar refractivity (Wildman–Crippen MR) is 75.7 cm³/mol. The van der Waals surface area contributed by atoms with Gasteiger partial charge in [-0.2, -0.15) is 0 Å². The molecule has 1 heterocycles. The fourth-order valence-electron chi connectivity index (χ4n) is 2.13. The second-order valence-corrected chi connectivity index (χ2v) is 5.85. The molecule has 0 aromatic carbocycles. The Kier molecular flexibility index (Phi) is 6.84. The summed E-state index contributed by atoms with van der Waals surface area (Å²) < 4.78 is 0. The molecule has 5 nitrogen and oxygen atoms in total. The van der Waals surface area contributed by atoms with Crippen LogP contribution in [0.25, 0.3) is 0 Å². The Morgan fingerprint density at radius 3 is 2.68 bits per heavy atom. The zero-order valence-corrected chi connectivity index (χ0v) is 12.3. The highest BCUT2D eigenvalue weighted by Crippen LogP contribution is 2.10. The average Bonchev–Trinajstić information content (AvgIpc) is 2.36. The normalized spacial score (nSPS) is 23.2. The summed E-state index contributed by atoms with van der Waals surface area (Å²) in [5.41, 5.74) is 0. The van der Waals surface area contributed by atoms with Crippen LogP contribution in [0.3, 0.4) is 0 Å². The van der Waals surface area contributed by atoms with Gasteiger partial charge in [0.1, 0.15) is 0 Å². The zero-order valence-electron chi connectivity index (χ0n) is 12.3. The first kappa shape index (κ1) is 16.0. The number of hydrogen-bond donors (Lipinski definition) is 3. The van der Waals surface area contributed by atoms with E-state index < -0.39 is 0 Å². The van der Waals surface area contributed by atoms with Gasteiger partial charge in [0.2, 0.25) is 11.8 Å². The monoisotopic (exact) mass is 269 g/mol. The number of piperidine rings is 1. The van der Waals surface area contributed by atoms with Crippen molar-refractivity contribution < 1.29 is 9.59 Å². The van der Waals surface area contributed by atoms with Crippen molar-refractivity contribution in [3.05, 3.63) is 0 Å². The summed E-state index contributed by atoms with van der Waals surface area (Å²) in [6.45, 7) is 8.22. The van der Waals surface area contributed by atoms with Crippen molar-refractivity contribution in [3.8, 4) is 0 Å². The Bertz CT molecular complexity index is 305. The molecule has 1 rings (SSSR count). The number of carbonyl (C=O) groups is 2. The fourth-order valence-corrected chi connectivity index (χ4v) is 2.13. The molecule has 0 aliphatic carbocycles. The van der Waals surface area contributed by atoms with Crippen molar-refractivity contribution in [1.29, 1.82) is 0 Å². The van der Waals surface area contributed by atoms with Gasteiger partial charge in [0.05, 0.1) is 6.54 Å². The van der Waals surface area contributed by atoms with Gasteiger partial charge in [0, 0.05) is 19.0 Å². The zero-order chi connectivity index (χ0) is 14.3. The third kappa shape index (κ3) is 6.57. The molecule has 3 N–H and O–H groups in total. The summed E-state index contributed by atoms with van der Waals surface area (Å²) in [4.78, 5) is 23.3. The van der Waals surface area contributed by atoms with Crippen molar-refractivity contribution in [1.82, 2.24) is 16.0 Å². The lowest BCUT2D eigenvalue weighted by atomic mass is 9.95. The Balaban J connectivity index is 2.18. The van der Waals surface area contributed by atoms with Crippen molar-refractivity contribution >= 4 is 11.8 Å². The van der Waals surface area contributed by atoms with Gasteiger partial charge in [-0.25, -0.2) is 0 Å². The molecule has 19 heavy (non-hydrogen) atoms. The number of amides is 2. The number of carbonyl (C=O) groups excluding carboxylic acids is 2. The van der Waals surface area contributed by atoms with Crippen LogP contribution in [0.1, 0.15) is 40.0 Å². The van der Waals surface area contributed by atoms with E-state index in [-0.39, 0.29) is 24.4 Å². The summed E-state index contributed by atoms with van der Waals surface area (Å²) in [5, 5.41) is 8.91. The largest absolute Gasteiger partial charge is 0.350 e. The molecule has 5 heteroatoms. The highest BCUT2D eigenvalue weighted by atomic mass is 16.2. The van der Waals surface area contributed by atoms with Gasteiger partial charge in [-0.3, -0.25) is 9.59 Å². The molecule has 0 radical (unpaired) electrons. The maximum atomic E-state index is 11.7. The first-order chi connectivity index (χ1) is 8.99. The molecule has 2 unspecified atom stereocenters. The Hall–Kier alpha value is -1.10. The summed E-state index contributed by atoms with van der Waals surface area (Å²) in [6.07, 6.45) is 2.43. The summed E-state index contributed by atoms with van der Waals surface area (Å²) >= 11 is 0. The Labute approximate surface area is 115 Å². The van der Waals surface area contributed by atoms with Gasteiger partial charge in [0.15, 0.2) is 0 Å². The van der Waals surface area contributed by atoms with E-state index in [0.29, 0.717) is 18.3 Å². The number of nitrogens with one attached hydrogen (secondary N) is 3. The predicted octanol–water partition coefficient (Wildman–Crippen LogP) is 0.653. The Morgan fingerprint density at radius 2 is 2.05 bits per heavy atom. The molecule has 110 valence electrons. The maximum Gasteiger partial charge on any atom is 0.239 e. The van der Waals surface area contributed by atoms with Crippen molar-refractivity contribution in [3.63, 3.8) is 0 Å². The molecule has 0 aromatic rings. The molecule has 1 aliphatic heterocycles. The van der Waals surface area contributed by atoms with Gasteiger partial charge < -0.3 is 16.0 Å². The van der Waals surface area contributed by atoms with Crippen LogP contribution in [-0.4, -0.2) is 37.5 Å². The van der Waals surface area contributed by atoms with Crippen LogP contribution in [0.5, 0.6) is 0 Å². The topological polar surface area (TPSA) is 70.2 Å². The van der Waals surface area contributed by atoms with E-state index in [0.717, 1.165) is 25.9 Å². The van der Waals surface area contributed by atoms with Crippen LogP contribution >= 0.6 is 0 Å². The molecule has 2 atom stereocenters. The summed E-state index contributed by atoms with van der Waals surface area (Å²) in [5.74, 6) is 0.854. The van der Waals surface area contributed by atoms with Crippen LogP contribution in [0.4, 0.5) is 0 Å². The van der Waals surface area contributed by atoms with E-state index >= 15 is 0 Å². The first-order valence-corrected chi connectivity index (χ1v) is 7.25. The minimum atomic E-state index is -0.0987. The summed E-state index contributed by atoms with van der Waals surface area (Å²) in [6, 6.07) is 0.175. The average molecular weight is 269 g/mol. The molecule has 1 fully saturated rings. The lowest BCUT2D eigenvalue weighted by molar-refractivity contribution is -0.126. The second-order valence-electron chi connectivity index (χ2n) is 5.85. The molecule has 0 spiro atoms. The SMILES string of the molecule is CC(C)CCC(=O)NCC(=O)NC1CNCCC1C. The second kappa shape index (κ2) is 8.15.